The van der Waals surface area contributed by atoms with Gasteiger partial charge in [-0.1, -0.05) is 18.2 Å². The van der Waals surface area contributed by atoms with Gasteiger partial charge in [0.25, 0.3) is 0 Å². The number of benzene rings is 1. The number of nitrogens with zero attached hydrogens (tertiary/aromatic N) is 1. The predicted molar refractivity (Wildman–Crippen MR) is 79.3 cm³/mol. The Bertz CT molecular complexity index is 439. The molecule has 2 nitrogen and oxygen atoms in total. The lowest BCUT2D eigenvalue weighted by Gasteiger charge is -2.20. The highest BCUT2D eigenvalue weighted by Crippen LogP contribution is 2.22. The molecule has 0 heterocycles. The molecule has 2 heteroatoms. The molecular weight excluding hydrogens is 234 g/mol. The first kappa shape index (κ1) is 14.3. The molecule has 0 fully saturated rings. The van der Waals surface area contributed by atoms with Crippen LogP contribution in [0.15, 0.2) is 18.2 Å². The molecular formula is C17H25NO. The molecule has 0 atom stereocenters. The molecule has 0 amide bonds. The Kier molecular flexibility index (Phi) is 5.15. The van der Waals surface area contributed by atoms with Crippen LogP contribution < -0.4 is 0 Å². The summed E-state index contributed by atoms with van der Waals surface area (Å²) in [6.45, 7) is 3.66. The van der Waals surface area contributed by atoms with E-state index < -0.39 is 0 Å². The van der Waals surface area contributed by atoms with Gasteiger partial charge in [-0.25, -0.2) is 0 Å². The SMILES string of the molecule is CC(=O)CCCN(C)Cc1ccc2c(c1)CCCC2. The number of carbonyl (C=O) groups is 1. The maximum atomic E-state index is 10.9. The highest BCUT2D eigenvalue weighted by Gasteiger charge is 2.10. The van der Waals surface area contributed by atoms with Crippen LogP contribution in [0.4, 0.5) is 0 Å². The summed E-state index contributed by atoms with van der Waals surface area (Å²) < 4.78 is 0. The average molecular weight is 259 g/mol. The molecule has 1 aromatic carbocycles. The van der Waals surface area contributed by atoms with Crippen molar-refractivity contribution >= 4 is 5.78 Å². The van der Waals surface area contributed by atoms with Gasteiger partial charge in [0, 0.05) is 13.0 Å². The van der Waals surface area contributed by atoms with Crippen molar-refractivity contribution in [1.82, 2.24) is 4.90 Å². The van der Waals surface area contributed by atoms with Crippen LogP contribution in [0.1, 0.15) is 49.3 Å². The highest BCUT2D eigenvalue weighted by atomic mass is 16.1. The lowest BCUT2D eigenvalue weighted by molar-refractivity contribution is -0.117. The van der Waals surface area contributed by atoms with E-state index in [-0.39, 0.29) is 0 Å². The fourth-order valence-corrected chi connectivity index (χ4v) is 2.87. The molecule has 0 N–H and O–H groups in total. The molecule has 1 aromatic rings. The first-order chi connectivity index (χ1) is 9.15. The predicted octanol–water partition coefficient (Wildman–Crippen LogP) is 3.37. The summed E-state index contributed by atoms with van der Waals surface area (Å²) in [6.07, 6.45) is 6.86. The molecule has 0 spiro atoms. The summed E-state index contributed by atoms with van der Waals surface area (Å²) in [5.41, 5.74) is 4.51. The van der Waals surface area contributed by atoms with Gasteiger partial charge in [-0.05, 0) is 69.3 Å². The average Bonchev–Trinajstić information content (AvgIpc) is 2.38. The molecule has 0 saturated carbocycles. The second-order valence-corrected chi connectivity index (χ2v) is 5.85. The Morgan fingerprint density at radius 1 is 1.21 bits per heavy atom. The smallest absolute Gasteiger partial charge is 0.129 e. The minimum absolute atomic E-state index is 0.294. The Balaban J connectivity index is 1.86. The van der Waals surface area contributed by atoms with Crippen LogP contribution in [0, 0.1) is 0 Å². The standard InChI is InChI=1S/C17H25NO/c1-14(19)6-5-11-18(2)13-15-9-10-16-7-3-4-8-17(16)12-15/h9-10,12H,3-8,11,13H2,1-2H3. The third-order valence-corrected chi connectivity index (χ3v) is 3.93. The van der Waals surface area contributed by atoms with Crippen molar-refractivity contribution < 1.29 is 4.79 Å². The number of carbonyl (C=O) groups excluding carboxylic acids is 1. The van der Waals surface area contributed by atoms with E-state index in [4.69, 9.17) is 0 Å². The lowest BCUT2D eigenvalue weighted by Crippen LogP contribution is -2.20. The van der Waals surface area contributed by atoms with E-state index in [1.807, 2.05) is 0 Å². The Labute approximate surface area is 116 Å². The zero-order valence-electron chi connectivity index (χ0n) is 12.2. The van der Waals surface area contributed by atoms with Gasteiger partial charge in [-0.2, -0.15) is 0 Å². The molecule has 0 unspecified atom stereocenters. The van der Waals surface area contributed by atoms with Crippen molar-refractivity contribution in [3.63, 3.8) is 0 Å². The largest absolute Gasteiger partial charge is 0.302 e. The molecule has 2 rings (SSSR count). The molecule has 0 saturated heterocycles. The quantitative estimate of drug-likeness (QED) is 0.780. The van der Waals surface area contributed by atoms with Crippen molar-refractivity contribution in [1.29, 1.82) is 0 Å². The Morgan fingerprint density at radius 3 is 2.68 bits per heavy atom. The van der Waals surface area contributed by atoms with Gasteiger partial charge in [0.1, 0.15) is 5.78 Å². The van der Waals surface area contributed by atoms with E-state index in [1.54, 1.807) is 18.1 Å². The number of hydrogen-bond donors (Lipinski definition) is 0. The maximum Gasteiger partial charge on any atom is 0.129 e. The third-order valence-electron chi connectivity index (χ3n) is 3.93. The molecule has 19 heavy (non-hydrogen) atoms. The summed E-state index contributed by atoms with van der Waals surface area (Å²) in [7, 11) is 2.14. The first-order valence-corrected chi connectivity index (χ1v) is 7.44. The van der Waals surface area contributed by atoms with E-state index in [0.717, 1.165) is 19.5 Å². The van der Waals surface area contributed by atoms with E-state index in [2.05, 4.69) is 30.1 Å². The highest BCUT2D eigenvalue weighted by molar-refractivity contribution is 5.75. The molecule has 0 bridgehead atoms. The molecule has 104 valence electrons. The zero-order valence-corrected chi connectivity index (χ0v) is 12.2. The molecule has 1 aliphatic rings. The van der Waals surface area contributed by atoms with Gasteiger partial charge >= 0.3 is 0 Å². The summed E-state index contributed by atoms with van der Waals surface area (Å²) in [5, 5.41) is 0. The minimum atomic E-state index is 0.294. The number of rotatable bonds is 6. The first-order valence-electron chi connectivity index (χ1n) is 7.44. The van der Waals surface area contributed by atoms with Crippen LogP contribution >= 0.6 is 0 Å². The van der Waals surface area contributed by atoms with Crippen LogP contribution in [0.2, 0.25) is 0 Å². The van der Waals surface area contributed by atoms with E-state index in [9.17, 15) is 4.79 Å². The molecule has 0 aromatic heterocycles. The normalized spacial score (nSPS) is 14.5. The second-order valence-electron chi connectivity index (χ2n) is 5.85. The van der Waals surface area contributed by atoms with Crippen LogP contribution in [0.5, 0.6) is 0 Å². The summed E-state index contributed by atoms with van der Waals surface area (Å²) in [4.78, 5) is 13.2. The number of hydrogen-bond acceptors (Lipinski definition) is 2. The summed E-state index contributed by atoms with van der Waals surface area (Å²) >= 11 is 0. The van der Waals surface area contributed by atoms with Crippen LogP contribution in [0.3, 0.4) is 0 Å². The van der Waals surface area contributed by atoms with Gasteiger partial charge in [0.05, 0.1) is 0 Å². The van der Waals surface area contributed by atoms with E-state index >= 15 is 0 Å². The number of Topliss-reactive ketones (excluding diaryl/α,β-unsaturated/α-hetero) is 1. The molecule has 0 radical (unpaired) electrons. The van der Waals surface area contributed by atoms with Gasteiger partial charge in [-0.3, -0.25) is 0 Å². The number of fused-ring (bicyclic) bond motifs is 1. The van der Waals surface area contributed by atoms with Crippen LogP contribution in [-0.2, 0) is 24.2 Å². The Hall–Kier alpha value is -1.15. The van der Waals surface area contributed by atoms with Crippen molar-refractivity contribution in [2.75, 3.05) is 13.6 Å². The fourth-order valence-electron chi connectivity index (χ4n) is 2.87. The molecule has 0 aliphatic heterocycles. The van der Waals surface area contributed by atoms with Crippen molar-refractivity contribution in [3.8, 4) is 0 Å². The van der Waals surface area contributed by atoms with Gasteiger partial charge in [-0.15, -0.1) is 0 Å². The van der Waals surface area contributed by atoms with Crippen LogP contribution in [0.25, 0.3) is 0 Å². The summed E-state index contributed by atoms with van der Waals surface area (Å²) in [5.74, 6) is 0.294. The van der Waals surface area contributed by atoms with Gasteiger partial charge in [0.15, 0.2) is 0 Å². The van der Waals surface area contributed by atoms with Gasteiger partial charge < -0.3 is 9.69 Å². The Morgan fingerprint density at radius 2 is 1.95 bits per heavy atom. The number of ketones is 1. The topological polar surface area (TPSA) is 20.3 Å². The molecule has 1 aliphatic carbocycles. The fraction of sp³-hybridized carbons (Fsp3) is 0.588. The third kappa shape index (κ3) is 4.46. The monoisotopic (exact) mass is 259 g/mol. The lowest BCUT2D eigenvalue weighted by atomic mass is 9.90. The van der Waals surface area contributed by atoms with E-state index in [0.29, 0.717) is 12.2 Å². The minimum Gasteiger partial charge on any atom is -0.302 e. The second kappa shape index (κ2) is 6.85. The van der Waals surface area contributed by atoms with Crippen molar-refractivity contribution in [2.45, 2.75) is 52.0 Å². The van der Waals surface area contributed by atoms with Crippen LogP contribution in [-0.4, -0.2) is 24.3 Å². The number of aryl methyl sites for hydroxylation is 2. The van der Waals surface area contributed by atoms with Crippen molar-refractivity contribution in [3.05, 3.63) is 34.9 Å². The van der Waals surface area contributed by atoms with Gasteiger partial charge in [0.2, 0.25) is 0 Å². The zero-order chi connectivity index (χ0) is 13.7. The van der Waals surface area contributed by atoms with Crippen molar-refractivity contribution in [2.24, 2.45) is 0 Å². The van der Waals surface area contributed by atoms with E-state index in [1.165, 1.54) is 31.2 Å². The summed E-state index contributed by atoms with van der Waals surface area (Å²) in [6, 6.07) is 6.97. The maximum absolute atomic E-state index is 10.9.